The van der Waals surface area contributed by atoms with Crippen LogP contribution in [0.1, 0.15) is 17.6 Å². The number of hydrogen-bond donors (Lipinski definition) is 2. The second kappa shape index (κ2) is 3.92. The number of aliphatic hydroxyl groups is 1. The number of benzene rings is 1. The maximum atomic E-state index is 9.62. The Kier molecular flexibility index (Phi) is 2.77. The molecule has 0 radical (unpaired) electrons. The second-order valence-corrected chi connectivity index (χ2v) is 4.19. The van der Waals surface area contributed by atoms with Crippen molar-refractivity contribution in [2.45, 2.75) is 13.0 Å². The Morgan fingerprint density at radius 3 is 3.00 bits per heavy atom. The van der Waals surface area contributed by atoms with Crippen molar-refractivity contribution in [2.24, 2.45) is 5.73 Å². The van der Waals surface area contributed by atoms with E-state index in [1.165, 1.54) is 0 Å². The molecule has 0 saturated carbocycles. The molecule has 2 rings (SSSR count). The monoisotopic (exact) mass is 270 g/mol. The molecule has 0 aliphatic heterocycles. The van der Waals surface area contributed by atoms with Gasteiger partial charge >= 0.3 is 0 Å². The summed E-state index contributed by atoms with van der Waals surface area (Å²) in [7, 11) is 0. The standard InChI is InChI=1S/C10H11BrN2O2/c1-5-13-8-3-6(9(14)4-12)2-7(11)10(8)15-5/h2-3,9,14H,4,12H2,1H3. The molecule has 0 saturated heterocycles. The third-order valence-corrected chi connectivity index (χ3v) is 2.77. The van der Waals surface area contributed by atoms with Crippen LogP contribution in [-0.4, -0.2) is 16.6 Å². The summed E-state index contributed by atoms with van der Waals surface area (Å²) in [6, 6.07) is 3.58. The van der Waals surface area contributed by atoms with Gasteiger partial charge in [0.2, 0.25) is 0 Å². The lowest BCUT2D eigenvalue weighted by atomic mass is 10.1. The van der Waals surface area contributed by atoms with Crippen LogP contribution in [0, 0.1) is 6.92 Å². The maximum absolute atomic E-state index is 9.62. The highest BCUT2D eigenvalue weighted by Gasteiger charge is 2.12. The molecule has 1 atom stereocenters. The molecule has 1 heterocycles. The molecule has 0 fully saturated rings. The second-order valence-electron chi connectivity index (χ2n) is 3.34. The van der Waals surface area contributed by atoms with Gasteiger partial charge in [0.05, 0.1) is 10.6 Å². The normalized spacial score (nSPS) is 13.3. The Hall–Kier alpha value is -0.910. The number of aliphatic hydroxyl groups excluding tert-OH is 1. The number of nitrogens with two attached hydrogens (primary N) is 1. The van der Waals surface area contributed by atoms with Gasteiger partial charge in [-0.3, -0.25) is 0 Å². The van der Waals surface area contributed by atoms with E-state index in [-0.39, 0.29) is 6.54 Å². The molecule has 0 amide bonds. The molecule has 0 bridgehead atoms. The van der Waals surface area contributed by atoms with Gasteiger partial charge in [-0.05, 0) is 33.6 Å². The smallest absolute Gasteiger partial charge is 0.192 e. The number of aromatic nitrogens is 1. The van der Waals surface area contributed by atoms with Crippen molar-refractivity contribution >= 4 is 27.0 Å². The molecule has 1 aromatic carbocycles. The van der Waals surface area contributed by atoms with Crippen molar-refractivity contribution in [1.29, 1.82) is 0 Å². The van der Waals surface area contributed by atoms with E-state index in [9.17, 15) is 5.11 Å². The highest BCUT2D eigenvalue weighted by molar-refractivity contribution is 9.10. The third-order valence-electron chi connectivity index (χ3n) is 2.18. The van der Waals surface area contributed by atoms with Crippen molar-refractivity contribution in [1.82, 2.24) is 4.98 Å². The van der Waals surface area contributed by atoms with Gasteiger partial charge < -0.3 is 15.3 Å². The van der Waals surface area contributed by atoms with Crippen LogP contribution in [0.25, 0.3) is 11.1 Å². The van der Waals surface area contributed by atoms with Crippen LogP contribution in [0.5, 0.6) is 0 Å². The molecule has 0 aliphatic carbocycles. The van der Waals surface area contributed by atoms with Crippen LogP contribution in [0.3, 0.4) is 0 Å². The Morgan fingerprint density at radius 2 is 2.33 bits per heavy atom. The van der Waals surface area contributed by atoms with E-state index in [1.807, 2.05) is 0 Å². The van der Waals surface area contributed by atoms with Crippen molar-refractivity contribution in [3.63, 3.8) is 0 Å². The highest BCUT2D eigenvalue weighted by atomic mass is 79.9. The van der Waals surface area contributed by atoms with E-state index in [4.69, 9.17) is 10.2 Å². The van der Waals surface area contributed by atoms with E-state index < -0.39 is 6.10 Å². The molecule has 0 aliphatic rings. The van der Waals surface area contributed by atoms with Crippen molar-refractivity contribution in [3.8, 4) is 0 Å². The van der Waals surface area contributed by atoms with Crippen LogP contribution in [0.2, 0.25) is 0 Å². The predicted molar refractivity (Wildman–Crippen MR) is 60.5 cm³/mol. The van der Waals surface area contributed by atoms with Crippen LogP contribution in [0.4, 0.5) is 0 Å². The lowest BCUT2D eigenvalue weighted by Crippen LogP contribution is -2.11. The topological polar surface area (TPSA) is 72.3 Å². The first kappa shape index (κ1) is 10.6. The minimum atomic E-state index is -0.664. The number of oxazole rings is 1. The summed E-state index contributed by atoms with van der Waals surface area (Å²) in [5, 5.41) is 9.62. The van der Waals surface area contributed by atoms with Gasteiger partial charge in [0.25, 0.3) is 0 Å². The van der Waals surface area contributed by atoms with Gasteiger partial charge in [0.1, 0.15) is 5.52 Å². The fourth-order valence-corrected chi connectivity index (χ4v) is 2.00. The zero-order valence-electron chi connectivity index (χ0n) is 8.20. The summed E-state index contributed by atoms with van der Waals surface area (Å²) in [4.78, 5) is 4.20. The van der Waals surface area contributed by atoms with Crippen LogP contribution >= 0.6 is 15.9 Å². The number of hydrogen-bond acceptors (Lipinski definition) is 4. The van der Waals surface area contributed by atoms with Crippen LogP contribution in [0.15, 0.2) is 21.0 Å². The molecule has 2 aromatic rings. The number of nitrogens with zero attached hydrogens (tertiary/aromatic N) is 1. The predicted octanol–water partition coefficient (Wildman–Crippen LogP) is 1.89. The summed E-state index contributed by atoms with van der Waals surface area (Å²) in [6.45, 7) is 1.97. The summed E-state index contributed by atoms with van der Waals surface area (Å²) in [5.74, 6) is 0.602. The van der Waals surface area contributed by atoms with E-state index in [0.29, 0.717) is 11.5 Å². The minimum absolute atomic E-state index is 0.189. The largest absolute Gasteiger partial charge is 0.440 e. The zero-order valence-corrected chi connectivity index (χ0v) is 9.78. The highest BCUT2D eigenvalue weighted by Crippen LogP contribution is 2.28. The van der Waals surface area contributed by atoms with Crippen LogP contribution in [-0.2, 0) is 0 Å². The maximum Gasteiger partial charge on any atom is 0.192 e. The number of rotatable bonds is 2. The SMILES string of the molecule is Cc1nc2cc(C(O)CN)cc(Br)c2o1. The lowest BCUT2D eigenvalue weighted by Gasteiger charge is -2.07. The summed E-state index contributed by atoms with van der Waals surface area (Å²) in [5.41, 5.74) is 7.56. The van der Waals surface area contributed by atoms with Crippen molar-refractivity contribution in [3.05, 3.63) is 28.1 Å². The molecule has 1 unspecified atom stereocenters. The zero-order chi connectivity index (χ0) is 11.0. The Bertz CT molecular complexity index is 495. The molecule has 4 nitrogen and oxygen atoms in total. The molecule has 3 N–H and O–H groups in total. The van der Waals surface area contributed by atoms with Gasteiger partial charge in [0.15, 0.2) is 11.5 Å². The van der Waals surface area contributed by atoms with Crippen molar-refractivity contribution < 1.29 is 9.52 Å². The average Bonchev–Trinajstić information content (AvgIpc) is 2.58. The lowest BCUT2D eigenvalue weighted by molar-refractivity contribution is 0.187. The van der Waals surface area contributed by atoms with Gasteiger partial charge in [0, 0.05) is 13.5 Å². The quantitative estimate of drug-likeness (QED) is 0.874. The minimum Gasteiger partial charge on any atom is -0.440 e. The van der Waals surface area contributed by atoms with E-state index in [2.05, 4.69) is 20.9 Å². The Balaban J connectivity index is 2.61. The van der Waals surface area contributed by atoms with E-state index in [1.54, 1.807) is 19.1 Å². The van der Waals surface area contributed by atoms with Crippen LogP contribution < -0.4 is 5.73 Å². The summed E-state index contributed by atoms with van der Waals surface area (Å²) < 4.78 is 6.18. The fraction of sp³-hybridized carbons (Fsp3) is 0.300. The van der Waals surface area contributed by atoms with Gasteiger partial charge in [-0.15, -0.1) is 0 Å². The number of fused-ring (bicyclic) bond motifs is 1. The van der Waals surface area contributed by atoms with Gasteiger partial charge in [-0.25, -0.2) is 4.98 Å². The number of halogens is 1. The third kappa shape index (κ3) is 1.90. The van der Waals surface area contributed by atoms with Gasteiger partial charge in [-0.1, -0.05) is 0 Å². The molecule has 0 spiro atoms. The first-order chi connectivity index (χ1) is 7.11. The summed E-state index contributed by atoms with van der Waals surface area (Å²) in [6.07, 6.45) is -0.664. The molecular weight excluding hydrogens is 260 g/mol. The Labute approximate surface area is 95.2 Å². The molecular formula is C10H11BrN2O2. The Morgan fingerprint density at radius 1 is 1.60 bits per heavy atom. The van der Waals surface area contributed by atoms with Crippen molar-refractivity contribution in [2.75, 3.05) is 6.54 Å². The molecule has 80 valence electrons. The molecule has 1 aromatic heterocycles. The first-order valence-electron chi connectivity index (χ1n) is 4.56. The average molecular weight is 271 g/mol. The van der Waals surface area contributed by atoms with E-state index in [0.717, 1.165) is 15.6 Å². The number of aryl methyl sites for hydroxylation is 1. The fourth-order valence-electron chi connectivity index (χ4n) is 1.45. The summed E-state index contributed by atoms with van der Waals surface area (Å²) >= 11 is 3.37. The first-order valence-corrected chi connectivity index (χ1v) is 5.36. The van der Waals surface area contributed by atoms with Gasteiger partial charge in [-0.2, -0.15) is 0 Å². The molecule has 15 heavy (non-hydrogen) atoms. The molecule has 5 heteroatoms. The van der Waals surface area contributed by atoms with E-state index >= 15 is 0 Å².